The van der Waals surface area contributed by atoms with Crippen LogP contribution in [0.1, 0.15) is 17.3 Å². The third-order valence-corrected chi connectivity index (χ3v) is 2.63. The van der Waals surface area contributed by atoms with Crippen molar-refractivity contribution in [2.24, 2.45) is 0 Å². The van der Waals surface area contributed by atoms with E-state index in [0.29, 0.717) is 5.56 Å². The van der Waals surface area contributed by atoms with Gasteiger partial charge in [-0.3, -0.25) is 4.79 Å². The maximum absolute atomic E-state index is 11.3. The summed E-state index contributed by atoms with van der Waals surface area (Å²) >= 11 is 1.32. The first-order chi connectivity index (χ1) is 6.79. The van der Waals surface area contributed by atoms with Crippen LogP contribution in [0.25, 0.3) is 11.3 Å². The third kappa shape index (κ3) is 1.59. The summed E-state index contributed by atoms with van der Waals surface area (Å²) in [5.74, 6) is 0.0672. The molecule has 0 spiro atoms. The molecular formula is C11H9NOS. The fourth-order valence-electron chi connectivity index (χ4n) is 1.29. The highest BCUT2D eigenvalue weighted by atomic mass is 32.1. The number of carbonyl (C=O) groups is 1. The van der Waals surface area contributed by atoms with Gasteiger partial charge in [-0.2, -0.15) is 4.37 Å². The van der Waals surface area contributed by atoms with E-state index >= 15 is 0 Å². The summed E-state index contributed by atoms with van der Waals surface area (Å²) in [4.78, 5) is 11.3. The van der Waals surface area contributed by atoms with Gasteiger partial charge in [-0.05, 0) is 18.5 Å². The van der Waals surface area contributed by atoms with E-state index in [1.807, 2.05) is 30.3 Å². The lowest BCUT2D eigenvalue weighted by Crippen LogP contribution is -1.92. The second-order valence-corrected chi connectivity index (χ2v) is 3.63. The second kappa shape index (κ2) is 3.72. The van der Waals surface area contributed by atoms with Crippen LogP contribution in [0.4, 0.5) is 0 Å². The molecule has 0 saturated carbocycles. The van der Waals surface area contributed by atoms with E-state index in [1.165, 1.54) is 11.5 Å². The number of ketones is 1. The zero-order valence-electron chi connectivity index (χ0n) is 7.73. The van der Waals surface area contributed by atoms with Gasteiger partial charge in [0.1, 0.15) is 0 Å². The standard InChI is InChI=1S/C11H9NOS/c1-8(13)10-7-14-12-11(10)9-5-3-2-4-6-9/h2-7H,1H3. The maximum Gasteiger partial charge on any atom is 0.162 e. The Kier molecular flexibility index (Phi) is 2.41. The lowest BCUT2D eigenvalue weighted by Gasteiger charge is -1.98. The van der Waals surface area contributed by atoms with E-state index in [9.17, 15) is 4.79 Å². The SMILES string of the molecule is CC(=O)c1csnc1-c1ccccc1. The van der Waals surface area contributed by atoms with Crippen molar-refractivity contribution in [2.75, 3.05) is 0 Å². The Morgan fingerprint density at radius 2 is 2.00 bits per heavy atom. The molecular weight excluding hydrogens is 194 g/mol. The highest BCUT2D eigenvalue weighted by Crippen LogP contribution is 2.23. The van der Waals surface area contributed by atoms with Crippen LogP contribution in [0, 0.1) is 0 Å². The molecule has 1 heterocycles. The average Bonchev–Trinajstić information content (AvgIpc) is 2.67. The Hall–Kier alpha value is -1.48. The molecule has 0 fully saturated rings. The van der Waals surface area contributed by atoms with Crippen molar-refractivity contribution in [1.82, 2.24) is 4.37 Å². The maximum atomic E-state index is 11.3. The first kappa shape index (κ1) is 9.09. The quantitative estimate of drug-likeness (QED) is 0.702. The second-order valence-electron chi connectivity index (χ2n) is 3.00. The van der Waals surface area contributed by atoms with Gasteiger partial charge in [-0.15, -0.1) is 0 Å². The van der Waals surface area contributed by atoms with Crippen LogP contribution in [0.3, 0.4) is 0 Å². The molecule has 3 heteroatoms. The number of carbonyl (C=O) groups excluding carboxylic acids is 1. The summed E-state index contributed by atoms with van der Waals surface area (Å²) in [5.41, 5.74) is 2.50. The molecule has 1 aromatic carbocycles. The molecule has 70 valence electrons. The van der Waals surface area contributed by atoms with Crippen molar-refractivity contribution in [3.8, 4) is 11.3 Å². The smallest absolute Gasteiger partial charge is 0.162 e. The first-order valence-corrected chi connectivity index (χ1v) is 5.13. The Balaban J connectivity index is 2.52. The Morgan fingerprint density at radius 1 is 1.29 bits per heavy atom. The fourth-order valence-corrected chi connectivity index (χ4v) is 2.04. The molecule has 0 unspecified atom stereocenters. The van der Waals surface area contributed by atoms with Crippen molar-refractivity contribution in [2.45, 2.75) is 6.92 Å². The van der Waals surface area contributed by atoms with Crippen LogP contribution in [-0.4, -0.2) is 10.2 Å². The molecule has 1 aromatic heterocycles. The number of hydrogen-bond acceptors (Lipinski definition) is 3. The molecule has 0 radical (unpaired) electrons. The van der Waals surface area contributed by atoms with E-state index in [2.05, 4.69) is 4.37 Å². The molecule has 0 aliphatic carbocycles. The number of rotatable bonds is 2. The predicted octanol–water partition coefficient (Wildman–Crippen LogP) is 3.01. The van der Waals surface area contributed by atoms with Crippen LogP contribution < -0.4 is 0 Å². The van der Waals surface area contributed by atoms with Gasteiger partial charge in [-0.25, -0.2) is 0 Å². The summed E-state index contributed by atoms with van der Waals surface area (Å²) in [6.07, 6.45) is 0. The molecule has 0 bridgehead atoms. The van der Waals surface area contributed by atoms with Gasteiger partial charge in [0.05, 0.1) is 11.3 Å². The minimum absolute atomic E-state index is 0.0672. The number of benzene rings is 1. The number of nitrogens with zero attached hydrogens (tertiary/aromatic N) is 1. The topological polar surface area (TPSA) is 30.0 Å². The summed E-state index contributed by atoms with van der Waals surface area (Å²) in [6.45, 7) is 1.57. The molecule has 2 nitrogen and oxygen atoms in total. The van der Waals surface area contributed by atoms with E-state index in [4.69, 9.17) is 0 Å². The molecule has 0 saturated heterocycles. The largest absolute Gasteiger partial charge is 0.294 e. The first-order valence-electron chi connectivity index (χ1n) is 4.30. The van der Waals surface area contributed by atoms with Crippen molar-refractivity contribution < 1.29 is 4.79 Å². The van der Waals surface area contributed by atoms with Crippen LogP contribution in [0.15, 0.2) is 35.7 Å². The lowest BCUT2D eigenvalue weighted by molar-refractivity contribution is 0.101. The minimum Gasteiger partial charge on any atom is -0.294 e. The van der Waals surface area contributed by atoms with Gasteiger partial charge in [0.2, 0.25) is 0 Å². The Labute approximate surface area is 86.4 Å². The van der Waals surface area contributed by atoms with Crippen LogP contribution in [0.5, 0.6) is 0 Å². The van der Waals surface area contributed by atoms with Gasteiger partial charge in [0.15, 0.2) is 5.78 Å². The number of aromatic nitrogens is 1. The Bertz CT molecular complexity index is 447. The molecule has 0 aliphatic rings. The van der Waals surface area contributed by atoms with Crippen molar-refractivity contribution in [3.63, 3.8) is 0 Å². The van der Waals surface area contributed by atoms with Crippen LogP contribution in [0.2, 0.25) is 0 Å². The predicted molar refractivity (Wildman–Crippen MR) is 57.6 cm³/mol. The molecule has 0 N–H and O–H groups in total. The van der Waals surface area contributed by atoms with Gasteiger partial charge in [0, 0.05) is 10.9 Å². The number of Topliss-reactive ketones (excluding diaryl/α,β-unsaturated/α-hetero) is 1. The zero-order chi connectivity index (χ0) is 9.97. The van der Waals surface area contributed by atoms with E-state index in [1.54, 1.807) is 12.3 Å². The van der Waals surface area contributed by atoms with E-state index < -0.39 is 0 Å². The number of hydrogen-bond donors (Lipinski definition) is 0. The molecule has 0 atom stereocenters. The monoisotopic (exact) mass is 203 g/mol. The van der Waals surface area contributed by atoms with Gasteiger partial charge in [-0.1, -0.05) is 30.3 Å². The molecule has 2 rings (SSSR count). The van der Waals surface area contributed by atoms with Crippen molar-refractivity contribution in [3.05, 3.63) is 41.3 Å². The van der Waals surface area contributed by atoms with Crippen molar-refractivity contribution >= 4 is 17.3 Å². The fraction of sp³-hybridized carbons (Fsp3) is 0.0909. The summed E-state index contributed by atoms with van der Waals surface area (Å²) in [5, 5.41) is 1.80. The molecule has 0 amide bonds. The molecule has 0 aliphatic heterocycles. The van der Waals surface area contributed by atoms with Gasteiger partial charge in [0.25, 0.3) is 0 Å². The normalized spacial score (nSPS) is 10.1. The summed E-state index contributed by atoms with van der Waals surface area (Å²) < 4.78 is 4.23. The zero-order valence-corrected chi connectivity index (χ0v) is 8.54. The van der Waals surface area contributed by atoms with Crippen LogP contribution in [-0.2, 0) is 0 Å². The highest BCUT2D eigenvalue weighted by molar-refractivity contribution is 7.04. The van der Waals surface area contributed by atoms with E-state index in [0.717, 1.165) is 11.3 Å². The summed E-state index contributed by atoms with van der Waals surface area (Å²) in [7, 11) is 0. The van der Waals surface area contributed by atoms with Gasteiger partial charge < -0.3 is 0 Å². The summed E-state index contributed by atoms with van der Waals surface area (Å²) in [6, 6.07) is 9.75. The van der Waals surface area contributed by atoms with Crippen molar-refractivity contribution in [1.29, 1.82) is 0 Å². The van der Waals surface area contributed by atoms with Crippen LogP contribution >= 0.6 is 11.5 Å². The minimum atomic E-state index is 0.0672. The molecule has 2 aromatic rings. The highest BCUT2D eigenvalue weighted by Gasteiger charge is 2.11. The molecule has 14 heavy (non-hydrogen) atoms. The van der Waals surface area contributed by atoms with E-state index in [-0.39, 0.29) is 5.78 Å². The lowest BCUT2D eigenvalue weighted by atomic mass is 10.1. The van der Waals surface area contributed by atoms with Gasteiger partial charge >= 0.3 is 0 Å². The Morgan fingerprint density at radius 3 is 2.64 bits per heavy atom. The third-order valence-electron chi connectivity index (χ3n) is 2.00. The average molecular weight is 203 g/mol.